The van der Waals surface area contributed by atoms with Crippen molar-refractivity contribution < 1.29 is 9.53 Å². The number of hydrogen-bond acceptors (Lipinski definition) is 5. The lowest BCUT2D eigenvalue weighted by molar-refractivity contribution is 0.102. The number of fused-ring (bicyclic) bond motifs is 1. The zero-order valence-corrected chi connectivity index (χ0v) is 15.8. The Morgan fingerprint density at radius 2 is 1.97 bits per heavy atom. The molecule has 0 spiro atoms. The van der Waals surface area contributed by atoms with E-state index in [1.165, 1.54) is 4.68 Å². The van der Waals surface area contributed by atoms with Crippen LogP contribution in [0.3, 0.4) is 0 Å². The Bertz CT molecular complexity index is 1150. The van der Waals surface area contributed by atoms with Gasteiger partial charge in [-0.1, -0.05) is 18.2 Å². The molecule has 0 bridgehead atoms. The van der Waals surface area contributed by atoms with Crippen LogP contribution in [0.5, 0.6) is 0 Å². The number of para-hydroxylation sites is 1. The average molecular weight is 389 g/mol. The maximum absolute atomic E-state index is 13.0. The molecule has 4 rings (SSSR count). The Kier molecular flexibility index (Phi) is 5.17. The highest BCUT2D eigenvalue weighted by Crippen LogP contribution is 2.23. The van der Waals surface area contributed by atoms with Crippen molar-refractivity contribution in [3.8, 4) is 16.9 Å². The molecule has 2 aliphatic heterocycles. The van der Waals surface area contributed by atoms with Gasteiger partial charge in [-0.2, -0.15) is 9.78 Å². The topological polar surface area (TPSA) is 91.0 Å². The number of ether oxygens (including phenoxy) is 1. The van der Waals surface area contributed by atoms with E-state index in [9.17, 15) is 9.59 Å². The minimum absolute atomic E-state index is 0.284. The Labute approximate surface area is 166 Å². The van der Waals surface area contributed by atoms with Gasteiger partial charge in [-0.05, 0) is 24.3 Å². The van der Waals surface area contributed by atoms with Gasteiger partial charge in [0.1, 0.15) is 5.69 Å². The number of benzene rings is 1. The van der Waals surface area contributed by atoms with Crippen molar-refractivity contribution in [2.24, 2.45) is 0 Å². The van der Waals surface area contributed by atoms with Gasteiger partial charge in [-0.3, -0.25) is 14.6 Å². The van der Waals surface area contributed by atoms with E-state index in [4.69, 9.17) is 4.74 Å². The molecule has 1 N–H and O–H groups in total. The van der Waals surface area contributed by atoms with Crippen molar-refractivity contribution in [2.75, 3.05) is 19.0 Å². The molecular formula is C21H19N5O3. The fourth-order valence-corrected chi connectivity index (χ4v) is 3.03. The summed E-state index contributed by atoms with van der Waals surface area (Å²) >= 11 is 0. The second kappa shape index (κ2) is 8.07. The summed E-state index contributed by atoms with van der Waals surface area (Å²) in [5.74, 6) is -0.368. The molecule has 0 atom stereocenters. The number of rotatable bonds is 6. The molecule has 0 fully saturated rings. The smallest absolute Gasteiger partial charge is 0.282 e. The summed E-state index contributed by atoms with van der Waals surface area (Å²) in [5, 5.41) is 7.25. The molecule has 0 saturated heterocycles. The van der Waals surface area contributed by atoms with E-state index in [1.807, 2.05) is 18.2 Å². The second-order valence-corrected chi connectivity index (χ2v) is 6.41. The third-order valence-corrected chi connectivity index (χ3v) is 4.44. The van der Waals surface area contributed by atoms with Gasteiger partial charge in [0.25, 0.3) is 11.5 Å². The minimum atomic E-state index is -0.368. The number of amides is 1. The van der Waals surface area contributed by atoms with Crippen LogP contribution in [0.1, 0.15) is 10.4 Å². The molecule has 0 aliphatic carbocycles. The Morgan fingerprint density at radius 1 is 1.14 bits per heavy atom. The highest BCUT2D eigenvalue weighted by atomic mass is 16.5. The first-order chi connectivity index (χ1) is 14.2. The molecule has 1 amide bonds. The fourth-order valence-electron chi connectivity index (χ4n) is 3.03. The van der Waals surface area contributed by atoms with E-state index in [1.54, 1.807) is 60.7 Å². The lowest BCUT2D eigenvalue weighted by atomic mass is 10.1. The summed E-state index contributed by atoms with van der Waals surface area (Å²) in [4.78, 5) is 30.0. The third-order valence-electron chi connectivity index (χ3n) is 4.44. The molecule has 2 aromatic rings. The quantitative estimate of drug-likeness (QED) is 0.547. The van der Waals surface area contributed by atoms with E-state index in [0.717, 1.165) is 0 Å². The number of nitrogens with zero attached hydrogens (tertiary/aromatic N) is 4. The summed E-state index contributed by atoms with van der Waals surface area (Å²) in [7, 11) is 1.60. The van der Waals surface area contributed by atoms with E-state index in [-0.39, 0.29) is 11.5 Å². The number of hydrogen-bond donors (Lipinski definition) is 1. The highest BCUT2D eigenvalue weighted by Gasteiger charge is 2.24. The summed E-state index contributed by atoms with van der Waals surface area (Å²) < 4.78 is 8.21. The van der Waals surface area contributed by atoms with Crippen molar-refractivity contribution in [3.63, 3.8) is 0 Å². The van der Waals surface area contributed by atoms with Gasteiger partial charge in [0.2, 0.25) is 0 Å². The van der Waals surface area contributed by atoms with Crippen molar-refractivity contribution in [2.45, 2.75) is 6.54 Å². The number of anilines is 1. The van der Waals surface area contributed by atoms with E-state index >= 15 is 0 Å². The van der Waals surface area contributed by atoms with Crippen LogP contribution < -0.4 is 10.9 Å². The first kappa shape index (κ1) is 18.6. The molecular weight excluding hydrogens is 370 g/mol. The highest BCUT2D eigenvalue weighted by molar-refractivity contribution is 6.08. The molecule has 29 heavy (non-hydrogen) atoms. The average Bonchev–Trinajstić information content (AvgIpc) is 3.09. The van der Waals surface area contributed by atoms with E-state index in [0.29, 0.717) is 41.3 Å². The van der Waals surface area contributed by atoms with Gasteiger partial charge < -0.3 is 14.6 Å². The van der Waals surface area contributed by atoms with Gasteiger partial charge in [0, 0.05) is 32.2 Å². The lowest BCUT2D eigenvalue weighted by Crippen LogP contribution is -2.18. The van der Waals surface area contributed by atoms with Crippen LogP contribution in [-0.2, 0) is 11.3 Å². The number of carbonyl (C=O) groups is 1. The first-order valence-electron chi connectivity index (χ1n) is 9.06. The maximum atomic E-state index is 13.0. The normalized spacial score (nSPS) is 10.9. The molecule has 8 nitrogen and oxygen atoms in total. The molecule has 8 heteroatoms. The van der Waals surface area contributed by atoms with Crippen molar-refractivity contribution >= 4 is 11.6 Å². The van der Waals surface area contributed by atoms with Crippen molar-refractivity contribution in [3.05, 3.63) is 83.2 Å². The monoisotopic (exact) mass is 389 g/mol. The van der Waals surface area contributed by atoms with Crippen LogP contribution >= 0.6 is 0 Å². The third kappa shape index (κ3) is 3.78. The van der Waals surface area contributed by atoms with Gasteiger partial charge >= 0.3 is 0 Å². The van der Waals surface area contributed by atoms with Gasteiger partial charge in [0.05, 0.1) is 35.3 Å². The number of nitrogens with one attached hydrogen (secondary N) is 1. The molecule has 0 unspecified atom stereocenters. The molecule has 2 aliphatic rings. The summed E-state index contributed by atoms with van der Waals surface area (Å²) in [6.45, 7) is 0.941. The van der Waals surface area contributed by atoms with E-state index < -0.39 is 0 Å². The Balaban J connectivity index is 1.83. The van der Waals surface area contributed by atoms with Gasteiger partial charge in [-0.15, -0.1) is 0 Å². The number of pyridine rings is 2. The van der Waals surface area contributed by atoms with E-state index in [2.05, 4.69) is 15.4 Å². The van der Waals surface area contributed by atoms with Gasteiger partial charge in [-0.25, -0.2) is 0 Å². The Morgan fingerprint density at radius 3 is 2.69 bits per heavy atom. The van der Waals surface area contributed by atoms with Crippen LogP contribution in [0.2, 0.25) is 0 Å². The lowest BCUT2D eigenvalue weighted by Gasteiger charge is -2.12. The molecule has 0 radical (unpaired) electrons. The molecule has 1 aromatic carbocycles. The second-order valence-electron chi connectivity index (χ2n) is 6.41. The number of aromatic nitrogens is 4. The minimum Gasteiger partial charge on any atom is -0.383 e. The zero-order valence-electron chi connectivity index (χ0n) is 15.8. The zero-order chi connectivity index (χ0) is 20.2. The number of carbonyl (C=O) groups excluding carboxylic acids is 1. The van der Waals surface area contributed by atoms with Crippen LogP contribution in [0.4, 0.5) is 5.69 Å². The fraction of sp³-hybridized carbons (Fsp3) is 0.143. The predicted octanol–water partition coefficient (Wildman–Crippen LogP) is 2.43. The first-order valence-corrected chi connectivity index (χ1v) is 9.06. The van der Waals surface area contributed by atoms with Gasteiger partial charge in [0.15, 0.2) is 0 Å². The largest absolute Gasteiger partial charge is 0.383 e. The maximum Gasteiger partial charge on any atom is 0.282 e. The summed E-state index contributed by atoms with van der Waals surface area (Å²) in [6.07, 6.45) is 6.55. The predicted molar refractivity (Wildman–Crippen MR) is 109 cm³/mol. The van der Waals surface area contributed by atoms with Crippen LogP contribution in [-0.4, -0.2) is 39.0 Å². The standard InChI is InChI=1S/C21H19N5O3/c1-29-11-10-25-13-17(20(27)23-15-6-5-9-22-12-15)19-18(14-25)21(28)26(24-19)16-7-3-2-4-8-16/h2-9,12-14H,10-11H2,1H3,(H,23,27). The Hall–Kier alpha value is -3.78. The molecule has 146 valence electrons. The summed E-state index contributed by atoms with van der Waals surface area (Å²) in [5.41, 5.74) is 1.92. The van der Waals surface area contributed by atoms with Crippen molar-refractivity contribution in [1.82, 2.24) is 19.3 Å². The summed E-state index contributed by atoms with van der Waals surface area (Å²) in [6, 6.07) is 12.6. The number of methoxy groups -OCH3 is 1. The molecule has 1 aromatic heterocycles. The molecule has 3 heterocycles. The van der Waals surface area contributed by atoms with Crippen LogP contribution in [0.15, 0.2) is 72.0 Å². The van der Waals surface area contributed by atoms with Crippen LogP contribution in [0.25, 0.3) is 16.9 Å². The van der Waals surface area contributed by atoms with Crippen molar-refractivity contribution in [1.29, 1.82) is 0 Å². The van der Waals surface area contributed by atoms with Crippen LogP contribution in [0, 0.1) is 0 Å². The molecule has 0 saturated carbocycles. The SMILES string of the molecule is COCCn1cc(C(=O)Nc2cccnc2)c2nn(-c3ccccc3)c(=O)c-2c1.